The van der Waals surface area contributed by atoms with Crippen molar-refractivity contribution in [3.8, 4) is 11.4 Å². The number of hydrogen-bond donors (Lipinski definition) is 0. The molecule has 100 valence electrons. The standard InChI is InChI=1S/C14H14F2N2O/c1-3-10-4-5-11(18-6-9(2)17-8-18)13-12(10)14(15,16)7-19-13/h4-6,8H,3,7H2,1-2H3. The Hall–Kier alpha value is -1.91. The Labute approximate surface area is 109 Å². The molecule has 0 radical (unpaired) electrons. The number of imidazole rings is 1. The van der Waals surface area contributed by atoms with Gasteiger partial charge in [-0.05, 0) is 25.0 Å². The van der Waals surface area contributed by atoms with Crippen molar-refractivity contribution in [2.45, 2.75) is 26.2 Å². The Kier molecular flexibility index (Phi) is 2.59. The summed E-state index contributed by atoms with van der Waals surface area (Å²) in [5.41, 5.74) is 2.11. The number of fused-ring (bicyclic) bond motifs is 1. The Morgan fingerprint density at radius 2 is 2.21 bits per heavy atom. The first-order chi connectivity index (χ1) is 9.03. The number of ether oxygens (including phenoxy) is 1. The minimum absolute atomic E-state index is 0.0267. The molecule has 2 aromatic rings. The van der Waals surface area contributed by atoms with E-state index in [0.717, 1.165) is 5.69 Å². The summed E-state index contributed by atoms with van der Waals surface area (Å²) in [6.07, 6.45) is 3.96. The van der Waals surface area contributed by atoms with Gasteiger partial charge in [0, 0.05) is 6.20 Å². The molecule has 0 saturated carbocycles. The second kappa shape index (κ2) is 4.05. The molecule has 0 saturated heterocycles. The lowest BCUT2D eigenvalue weighted by Gasteiger charge is -2.13. The summed E-state index contributed by atoms with van der Waals surface area (Å²) >= 11 is 0. The highest BCUT2D eigenvalue weighted by atomic mass is 19.3. The summed E-state index contributed by atoms with van der Waals surface area (Å²) in [7, 11) is 0. The van der Waals surface area contributed by atoms with Crippen LogP contribution in [0.15, 0.2) is 24.7 Å². The van der Waals surface area contributed by atoms with Gasteiger partial charge in [0.25, 0.3) is 0 Å². The predicted molar refractivity (Wildman–Crippen MR) is 67.1 cm³/mol. The van der Waals surface area contributed by atoms with Crippen LogP contribution in [-0.2, 0) is 12.3 Å². The summed E-state index contributed by atoms with van der Waals surface area (Å²) in [5, 5.41) is 0. The van der Waals surface area contributed by atoms with Gasteiger partial charge < -0.3 is 9.30 Å². The van der Waals surface area contributed by atoms with E-state index in [1.807, 2.05) is 13.8 Å². The van der Waals surface area contributed by atoms with Gasteiger partial charge in [0.1, 0.15) is 0 Å². The molecule has 3 nitrogen and oxygen atoms in total. The van der Waals surface area contributed by atoms with E-state index in [0.29, 0.717) is 17.7 Å². The van der Waals surface area contributed by atoms with Crippen molar-refractivity contribution >= 4 is 0 Å². The minimum Gasteiger partial charge on any atom is -0.484 e. The summed E-state index contributed by atoms with van der Waals surface area (Å²) in [5.74, 6) is -2.63. The number of benzene rings is 1. The van der Waals surface area contributed by atoms with Crippen LogP contribution >= 0.6 is 0 Å². The smallest absolute Gasteiger partial charge is 0.310 e. The van der Waals surface area contributed by atoms with E-state index in [9.17, 15) is 8.78 Å². The van der Waals surface area contributed by atoms with Crippen LogP contribution < -0.4 is 4.74 Å². The molecule has 0 bridgehead atoms. The van der Waals surface area contributed by atoms with Gasteiger partial charge in [-0.2, -0.15) is 8.78 Å². The molecule has 0 fully saturated rings. The van der Waals surface area contributed by atoms with Crippen LogP contribution in [0.25, 0.3) is 5.69 Å². The van der Waals surface area contributed by atoms with Gasteiger partial charge in [0.2, 0.25) is 0 Å². The van der Waals surface area contributed by atoms with Crippen molar-refractivity contribution in [1.29, 1.82) is 0 Å². The van der Waals surface area contributed by atoms with Crippen LogP contribution in [0.2, 0.25) is 0 Å². The molecule has 0 unspecified atom stereocenters. The molecule has 2 heterocycles. The summed E-state index contributed by atoms with van der Waals surface area (Å²) in [4.78, 5) is 4.12. The quantitative estimate of drug-likeness (QED) is 0.832. The van der Waals surface area contributed by atoms with Crippen LogP contribution in [0.1, 0.15) is 23.7 Å². The van der Waals surface area contributed by atoms with Gasteiger partial charge in [-0.15, -0.1) is 0 Å². The average Bonchev–Trinajstić information content (AvgIpc) is 2.93. The van der Waals surface area contributed by atoms with Gasteiger partial charge in [-0.3, -0.25) is 0 Å². The van der Waals surface area contributed by atoms with Gasteiger partial charge in [-0.25, -0.2) is 4.98 Å². The summed E-state index contributed by atoms with van der Waals surface area (Å²) in [6, 6.07) is 3.55. The fourth-order valence-corrected chi connectivity index (χ4v) is 2.45. The molecule has 0 atom stereocenters. The maximum Gasteiger partial charge on any atom is 0.310 e. The largest absolute Gasteiger partial charge is 0.484 e. The van der Waals surface area contributed by atoms with Crippen molar-refractivity contribution in [1.82, 2.24) is 9.55 Å². The SMILES string of the molecule is CCc1ccc(-n2cnc(C)c2)c2c1C(F)(F)CO2. The highest BCUT2D eigenvalue weighted by Crippen LogP contribution is 2.46. The maximum absolute atomic E-state index is 13.9. The third kappa shape index (κ3) is 1.80. The monoisotopic (exact) mass is 264 g/mol. The number of hydrogen-bond acceptors (Lipinski definition) is 2. The van der Waals surface area contributed by atoms with Crippen LogP contribution in [0, 0.1) is 6.92 Å². The first kappa shape index (κ1) is 12.1. The zero-order valence-corrected chi connectivity index (χ0v) is 10.8. The van der Waals surface area contributed by atoms with Gasteiger partial charge in [0.05, 0.1) is 23.3 Å². The van der Waals surface area contributed by atoms with Gasteiger partial charge in [-0.1, -0.05) is 13.0 Å². The third-order valence-electron chi connectivity index (χ3n) is 3.36. The fraction of sp³-hybridized carbons (Fsp3) is 0.357. The van der Waals surface area contributed by atoms with Crippen LogP contribution in [0.4, 0.5) is 8.78 Å². The third-order valence-corrected chi connectivity index (χ3v) is 3.36. The number of rotatable bonds is 2. The van der Waals surface area contributed by atoms with Crippen molar-refractivity contribution in [3.63, 3.8) is 0 Å². The molecule has 0 amide bonds. The molecule has 1 aliphatic rings. The number of alkyl halides is 2. The second-order valence-electron chi connectivity index (χ2n) is 4.72. The lowest BCUT2D eigenvalue weighted by Crippen LogP contribution is -2.16. The topological polar surface area (TPSA) is 27.1 Å². The number of nitrogens with zero attached hydrogens (tertiary/aromatic N) is 2. The molecule has 0 spiro atoms. The molecular weight excluding hydrogens is 250 g/mol. The number of halogens is 2. The van der Waals surface area contributed by atoms with E-state index < -0.39 is 12.5 Å². The molecule has 1 aromatic carbocycles. The molecule has 19 heavy (non-hydrogen) atoms. The summed E-state index contributed by atoms with van der Waals surface area (Å²) < 4.78 is 34.8. The predicted octanol–water partition coefficient (Wildman–Crippen LogP) is 3.23. The molecule has 3 rings (SSSR count). The molecule has 0 N–H and O–H groups in total. The van der Waals surface area contributed by atoms with Crippen LogP contribution in [-0.4, -0.2) is 16.2 Å². The van der Waals surface area contributed by atoms with E-state index in [1.54, 1.807) is 29.2 Å². The second-order valence-corrected chi connectivity index (χ2v) is 4.72. The Morgan fingerprint density at radius 1 is 1.42 bits per heavy atom. The van der Waals surface area contributed by atoms with E-state index >= 15 is 0 Å². The number of aromatic nitrogens is 2. The zero-order chi connectivity index (χ0) is 13.6. The molecule has 1 aromatic heterocycles. The van der Waals surface area contributed by atoms with Gasteiger partial charge >= 0.3 is 5.92 Å². The molecule has 1 aliphatic heterocycles. The Balaban J connectivity index is 2.22. The summed E-state index contributed by atoms with van der Waals surface area (Å²) in [6.45, 7) is 3.14. The minimum atomic E-state index is -2.91. The van der Waals surface area contributed by atoms with E-state index in [-0.39, 0.29) is 11.3 Å². The lowest BCUT2D eigenvalue weighted by molar-refractivity contribution is -0.0219. The normalized spacial score (nSPS) is 16.2. The van der Waals surface area contributed by atoms with E-state index in [2.05, 4.69) is 4.98 Å². The first-order valence-electron chi connectivity index (χ1n) is 6.21. The number of aryl methyl sites for hydroxylation is 2. The molecule has 0 aliphatic carbocycles. The molecular formula is C14H14F2N2O. The van der Waals surface area contributed by atoms with E-state index in [1.165, 1.54) is 0 Å². The first-order valence-corrected chi connectivity index (χ1v) is 6.21. The van der Waals surface area contributed by atoms with Crippen molar-refractivity contribution in [3.05, 3.63) is 41.5 Å². The van der Waals surface area contributed by atoms with Crippen molar-refractivity contribution in [2.75, 3.05) is 6.61 Å². The van der Waals surface area contributed by atoms with Gasteiger partial charge in [0.15, 0.2) is 12.4 Å². The van der Waals surface area contributed by atoms with Crippen molar-refractivity contribution < 1.29 is 13.5 Å². The van der Waals surface area contributed by atoms with Crippen molar-refractivity contribution in [2.24, 2.45) is 0 Å². The highest BCUT2D eigenvalue weighted by molar-refractivity contribution is 5.59. The Morgan fingerprint density at radius 3 is 2.84 bits per heavy atom. The molecule has 5 heteroatoms. The maximum atomic E-state index is 13.9. The van der Waals surface area contributed by atoms with E-state index in [4.69, 9.17) is 4.74 Å². The van der Waals surface area contributed by atoms with Crippen LogP contribution in [0.5, 0.6) is 5.75 Å². The lowest BCUT2D eigenvalue weighted by atomic mass is 9.99. The van der Waals surface area contributed by atoms with Crippen LogP contribution in [0.3, 0.4) is 0 Å². The highest BCUT2D eigenvalue weighted by Gasteiger charge is 2.44. The average molecular weight is 264 g/mol. The Bertz CT molecular complexity index is 634. The fourth-order valence-electron chi connectivity index (χ4n) is 2.45. The zero-order valence-electron chi connectivity index (χ0n) is 10.8.